The third kappa shape index (κ3) is 6.98. The third-order valence-corrected chi connectivity index (χ3v) is 3.57. The van der Waals surface area contributed by atoms with E-state index in [2.05, 4.69) is 16.0 Å². The highest BCUT2D eigenvalue weighted by Gasteiger charge is 2.37. The van der Waals surface area contributed by atoms with Gasteiger partial charge in [-0.25, -0.2) is 4.79 Å². The van der Waals surface area contributed by atoms with Crippen LogP contribution in [0.2, 0.25) is 0 Å². The van der Waals surface area contributed by atoms with Gasteiger partial charge in [-0.15, -0.1) is 0 Å². The molecule has 0 aliphatic carbocycles. The molecular formula is C16H27N3O6. The molecule has 1 aliphatic rings. The van der Waals surface area contributed by atoms with Crippen molar-refractivity contribution in [2.24, 2.45) is 5.92 Å². The minimum absolute atomic E-state index is 0.149. The molecule has 9 nitrogen and oxygen atoms in total. The van der Waals surface area contributed by atoms with Gasteiger partial charge < -0.3 is 25.4 Å². The van der Waals surface area contributed by atoms with E-state index in [1.54, 1.807) is 20.8 Å². The summed E-state index contributed by atoms with van der Waals surface area (Å²) >= 11 is 0. The molecule has 1 rings (SSSR count). The fourth-order valence-electron chi connectivity index (χ4n) is 2.53. The van der Waals surface area contributed by atoms with Crippen molar-refractivity contribution in [3.05, 3.63) is 0 Å². The molecule has 0 bridgehead atoms. The summed E-state index contributed by atoms with van der Waals surface area (Å²) in [6.07, 6.45) is -1.29. The second-order valence-corrected chi connectivity index (χ2v) is 6.91. The number of rotatable bonds is 6. The number of carbonyl (C=O) groups is 4. The van der Waals surface area contributed by atoms with Crippen molar-refractivity contribution in [3.8, 4) is 0 Å². The van der Waals surface area contributed by atoms with Gasteiger partial charge in [0, 0.05) is 26.4 Å². The summed E-state index contributed by atoms with van der Waals surface area (Å²) in [4.78, 5) is 47.5. The first-order chi connectivity index (χ1) is 11.5. The average molecular weight is 357 g/mol. The van der Waals surface area contributed by atoms with Gasteiger partial charge in [0.1, 0.15) is 5.60 Å². The maximum absolute atomic E-state index is 12.1. The van der Waals surface area contributed by atoms with Gasteiger partial charge >= 0.3 is 12.1 Å². The van der Waals surface area contributed by atoms with Crippen LogP contribution in [0.1, 0.15) is 40.5 Å². The van der Waals surface area contributed by atoms with Gasteiger partial charge in [0.25, 0.3) is 5.91 Å². The van der Waals surface area contributed by atoms with Crippen LogP contribution in [-0.4, -0.2) is 55.2 Å². The lowest BCUT2D eigenvalue weighted by Gasteiger charge is -2.29. The fourth-order valence-corrected chi connectivity index (χ4v) is 2.53. The van der Waals surface area contributed by atoms with Crippen LogP contribution in [0.15, 0.2) is 0 Å². The number of hydrogen-bond acceptors (Lipinski definition) is 6. The molecule has 0 aromatic heterocycles. The minimum Gasteiger partial charge on any atom is -0.450 e. The van der Waals surface area contributed by atoms with Crippen molar-refractivity contribution in [3.63, 3.8) is 0 Å². The molecule has 0 aromatic carbocycles. The van der Waals surface area contributed by atoms with Crippen molar-refractivity contribution in [2.45, 2.75) is 58.3 Å². The predicted molar refractivity (Wildman–Crippen MR) is 88.5 cm³/mol. The van der Waals surface area contributed by atoms with Gasteiger partial charge in [-0.3, -0.25) is 14.4 Å². The van der Waals surface area contributed by atoms with Gasteiger partial charge in [0.2, 0.25) is 5.91 Å². The molecule has 3 atom stereocenters. The Labute approximate surface area is 147 Å². The number of likely N-dealkylation sites (N-methyl/N-ethyl adjacent to an activating group) is 1. The van der Waals surface area contributed by atoms with Gasteiger partial charge in [0.15, 0.2) is 6.10 Å². The summed E-state index contributed by atoms with van der Waals surface area (Å²) in [7, 11) is 1.39. The van der Waals surface area contributed by atoms with E-state index in [4.69, 9.17) is 9.47 Å². The highest BCUT2D eigenvalue weighted by molar-refractivity contribution is 5.85. The zero-order chi connectivity index (χ0) is 19.2. The second-order valence-electron chi connectivity index (χ2n) is 6.91. The van der Waals surface area contributed by atoms with E-state index in [0.29, 0.717) is 13.0 Å². The van der Waals surface area contributed by atoms with Crippen LogP contribution in [0, 0.1) is 5.92 Å². The lowest BCUT2D eigenvalue weighted by Crippen LogP contribution is -2.53. The summed E-state index contributed by atoms with van der Waals surface area (Å²) in [5.74, 6) is -1.78. The van der Waals surface area contributed by atoms with Crippen molar-refractivity contribution in [1.82, 2.24) is 16.0 Å². The number of esters is 1. The van der Waals surface area contributed by atoms with Crippen LogP contribution < -0.4 is 16.0 Å². The van der Waals surface area contributed by atoms with E-state index in [0.717, 1.165) is 0 Å². The highest BCUT2D eigenvalue weighted by Crippen LogP contribution is 2.20. The van der Waals surface area contributed by atoms with Crippen LogP contribution >= 0.6 is 0 Å². The molecule has 1 unspecified atom stereocenters. The Kier molecular flexibility index (Phi) is 7.20. The first-order valence-corrected chi connectivity index (χ1v) is 8.19. The van der Waals surface area contributed by atoms with Gasteiger partial charge in [-0.1, -0.05) is 0 Å². The largest absolute Gasteiger partial charge is 0.450 e. The fraction of sp³-hybridized carbons (Fsp3) is 0.750. The summed E-state index contributed by atoms with van der Waals surface area (Å²) in [6.45, 7) is 6.81. The number of nitrogens with one attached hydrogen (secondary N) is 3. The molecule has 142 valence electrons. The number of alkyl carbamates (subject to hydrolysis) is 1. The lowest BCUT2D eigenvalue weighted by atomic mass is 9.94. The third-order valence-electron chi connectivity index (χ3n) is 3.57. The first kappa shape index (κ1) is 20.7. The maximum Gasteiger partial charge on any atom is 0.408 e. The second kappa shape index (κ2) is 8.68. The summed E-state index contributed by atoms with van der Waals surface area (Å²) < 4.78 is 10.3. The van der Waals surface area contributed by atoms with Crippen molar-refractivity contribution in [1.29, 1.82) is 0 Å². The van der Waals surface area contributed by atoms with Gasteiger partial charge in [-0.05, 0) is 33.6 Å². The molecule has 0 aromatic rings. The monoisotopic (exact) mass is 357 g/mol. The summed E-state index contributed by atoms with van der Waals surface area (Å²) in [5.41, 5.74) is -0.733. The molecule has 0 spiro atoms. The molecule has 0 saturated carbocycles. The summed E-state index contributed by atoms with van der Waals surface area (Å²) in [5, 5.41) is 7.66. The summed E-state index contributed by atoms with van der Waals surface area (Å²) in [6, 6.07) is -0.896. The van der Waals surface area contributed by atoms with Gasteiger partial charge in [-0.2, -0.15) is 0 Å². The molecule has 1 fully saturated rings. The molecule has 3 N–H and O–H groups in total. The van der Waals surface area contributed by atoms with Crippen molar-refractivity contribution < 1.29 is 28.7 Å². The zero-order valence-electron chi connectivity index (χ0n) is 15.3. The van der Waals surface area contributed by atoms with Crippen molar-refractivity contribution in [2.75, 3.05) is 13.6 Å². The molecule has 0 radical (unpaired) electrons. The van der Waals surface area contributed by atoms with E-state index < -0.39 is 35.7 Å². The Morgan fingerprint density at radius 3 is 2.40 bits per heavy atom. The van der Waals surface area contributed by atoms with Crippen LogP contribution in [0.3, 0.4) is 0 Å². The zero-order valence-corrected chi connectivity index (χ0v) is 15.3. The Hall–Kier alpha value is -2.32. The normalized spacial score (nSPS) is 19.4. The lowest BCUT2D eigenvalue weighted by molar-refractivity contribution is -0.156. The first-order valence-electron chi connectivity index (χ1n) is 8.19. The van der Waals surface area contributed by atoms with Crippen LogP contribution in [0.25, 0.3) is 0 Å². The predicted octanol–water partition coefficient (Wildman–Crippen LogP) is 0.0836. The smallest absolute Gasteiger partial charge is 0.408 e. The molecule has 1 saturated heterocycles. The molecule has 1 heterocycles. The van der Waals surface area contributed by atoms with E-state index in [-0.39, 0.29) is 18.2 Å². The van der Waals surface area contributed by atoms with E-state index in [9.17, 15) is 19.2 Å². The van der Waals surface area contributed by atoms with Crippen LogP contribution in [0.4, 0.5) is 4.79 Å². The standard InChI is InChI=1S/C16H27N3O6/c1-9(20)24-12(14(22)17-5)11(8-10-6-7-18-13(10)21)19-15(23)25-16(2,3)4/h10-12H,6-8H2,1-5H3,(H,17,22)(H,18,21)(H,19,23)/t10-,11-,12?/m0/s1. The SMILES string of the molecule is CNC(=O)C(OC(C)=O)[C@H](C[C@@H]1CCNC1=O)NC(=O)OC(C)(C)C. The maximum atomic E-state index is 12.1. The van der Waals surface area contributed by atoms with E-state index >= 15 is 0 Å². The number of carbonyl (C=O) groups excluding carboxylic acids is 4. The Balaban J connectivity index is 2.97. The number of ether oxygens (including phenoxy) is 2. The molecular weight excluding hydrogens is 330 g/mol. The topological polar surface area (TPSA) is 123 Å². The molecule has 9 heteroatoms. The number of hydrogen-bond donors (Lipinski definition) is 3. The van der Waals surface area contributed by atoms with E-state index in [1.807, 2.05) is 0 Å². The Morgan fingerprint density at radius 2 is 1.96 bits per heavy atom. The Morgan fingerprint density at radius 1 is 1.32 bits per heavy atom. The minimum atomic E-state index is -1.26. The molecule has 3 amide bonds. The van der Waals surface area contributed by atoms with Gasteiger partial charge in [0.05, 0.1) is 6.04 Å². The van der Waals surface area contributed by atoms with Crippen LogP contribution in [0.5, 0.6) is 0 Å². The quantitative estimate of drug-likeness (QED) is 0.579. The molecule has 25 heavy (non-hydrogen) atoms. The molecule has 1 aliphatic heterocycles. The number of amides is 3. The van der Waals surface area contributed by atoms with E-state index in [1.165, 1.54) is 14.0 Å². The van der Waals surface area contributed by atoms with Crippen molar-refractivity contribution >= 4 is 23.9 Å². The highest BCUT2D eigenvalue weighted by atomic mass is 16.6. The van der Waals surface area contributed by atoms with Crippen LogP contribution in [-0.2, 0) is 23.9 Å². The average Bonchev–Trinajstić information content (AvgIpc) is 2.86. The Bertz CT molecular complexity index is 528.